The Kier molecular flexibility index (Phi) is 4.46. The summed E-state index contributed by atoms with van der Waals surface area (Å²) in [6.45, 7) is 2.68. The molecule has 0 saturated heterocycles. The first kappa shape index (κ1) is 15.9. The number of aryl methyl sites for hydroxylation is 2. The summed E-state index contributed by atoms with van der Waals surface area (Å²) in [5, 5.41) is 6.92. The van der Waals surface area contributed by atoms with E-state index in [9.17, 15) is 4.79 Å². The monoisotopic (exact) mass is 356 g/mol. The number of nitrogens with zero attached hydrogens (tertiary/aromatic N) is 2. The lowest BCUT2D eigenvalue weighted by Crippen LogP contribution is -2.23. The summed E-state index contributed by atoms with van der Waals surface area (Å²) in [5.41, 5.74) is 2.57. The second-order valence-electron chi connectivity index (χ2n) is 6.10. The summed E-state index contributed by atoms with van der Waals surface area (Å²) < 4.78 is 2.56. The third-order valence-corrected chi connectivity index (χ3v) is 6.61. The standard InChI is InChI=1S/C19H20N2OS2/c1-2-23-18-16-14-10-6-7-11-15(14)24-17(16)19(22)21(20-18)12-13-8-4-3-5-9-13/h3-5,8-9H,2,6-7,10-12H2,1H3. The predicted molar refractivity (Wildman–Crippen MR) is 102 cm³/mol. The molecule has 0 bridgehead atoms. The molecule has 124 valence electrons. The van der Waals surface area contributed by atoms with Crippen molar-refractivity contribution in [1.29, 1.82) is 0 Å². The second kappa shape index (κ2) is 6.73. The van der Waals surface area contributed by atoms with Gasteiger partial charge in [-0.25, -0.2) is 4.68 Å². The van der Waals surface area contributed by atoms with Crippen molar-refractivity contribution in [2.45, 2.75) is 44.2 Å². The lowest BCUT2D eigenvalue weighted by molar-refractivity contribution is 0.620. The molecule has 1 aliphatic rings. The Labute approximate surface area is 149 Å². The fourth-order valence-electron chi connectivity index (χ4n) is 3.37. The van der Waals surface area contributed by atoms with Gasteiger partial charge in [0.1, 0.15) is 9.73 Å². The molecule has 0 radical (unpaired) electrons. The SMILES string of the molecule is CCSc1nn(Cc2ccccc2)c(=O)c2sc3c(c12)CCCC3. The van der Waals surface area contributed by atoms with Crippen molar-refractivity contribution in [3.05, 3.63) is 56.7 Å². The van der Waals surface area contributed by atoms with E-state index in [2.05, 4.69) is 6.92 Å². The van der Waals surface area contributed by atoms with Gasteiger partial charge in [0, 0.05) is 10.3 Å². The molecule has 2 heterocycles. The lowest BCUT2D eigenvalue weighted by Gasteiger charge is -2.12. The van der Waals surface area contributed by atoms with Crippen LogP contribution in [0.1, 0.15) is 35.8 Å². The van der Waals surface area contributed by atoms with Gasteiger partial charge < -0.3 is 0 Å². The highest BCUT2D eigenvalue weighted by molar-refractivity contribution is 7.99. The number of fused-ring (bicyclic) bond motifs is 3. The average Bonchev–Trinajstić information content (AvgIpc) is 3.00. The van der Waals surface area contributed by atoms with Gasteiger partial charge in [-0.15, -0.1) is 23.1 Å². The van der Waals surface area contributed by atoms with Crippen LogP contribution in [0.2, 0.25) is 0 Å². The number of benzene rings is 1. The third kappa shape index (κ3) is 2.80. The Morgan fingerprint density at radius 3 is 2.79 bits per heavy atom. The number of aromatic nitrogens is 2. The van der Waals surface area contributed by atoms with Crippen molar-refractivity contribution >= 4 is 33.2 Å². The molecular weight excluding hydrogens is 336 g/mol. The maximum atomic E-state index is 13.0. The molecular formula is C19H20N2OS2. The summed E-state index contributed by atoms with van der Waals surface area (Å²) in [6.07, 6.45) is 4.67. The molecule has 24 heavy (non-hydrogen) atoms. The number of rotatable bonds is 4. The molecule has 5 heteroatoms. The predicted octanol–water partition coefficient (Wildman–Crippen LogP) is 4.50. The summed E-state index contributed by atoms with van der Waals surface area (Å²) >= 11 is 3.46. The van der Waals surface area contributed by atoms with Crippen LogP contribution in [0, 0.1) is 0 Å². The van der Waals surface area contributed by atoms with Crippen molar-refractivity contribution in [1.82, 2.24) is 9.78 Å². The third-order valence-electron chi connectivity index (χ3n) is 4.48. The summed E-state index contributed by atoms with van der Waals surface area (Å²) in [6, 6.07) is 10.1. The zero-order chi connectivity index (χ0) is 16.5. The molecule has 0 atom stereocenters. The fourth-order valence-corrected chi connectivity index (χ4v) is 5.56. The van der Waals surface area contributed by atoms with Crippen LogP contribution in [0.5, 0.6) is 0 Å². The van der Waals surface area contributed by atoms with Gasteiger partial charge in [0.25, 0.3) is 5.56 Å². The molecule has 0 unspecified atom stereocenters. The highest BCUT2D eigenvalue weighted by Crippen LogP contribution is 2.38. The smallest absolute Gasteiger partial charge is 0.266 e. The largest absolute Gasteiger partial charge is 0.285 e. The Balaban J connectivity index is 1.89. The molecule has 1 aromatic carbocycles. The molecule has 0 amide bonds. The molecule has 1 aliphatic carbocycles. The van der Waals surface area contributed by atoms with Gasteiger partial charge in [-0.1, -0.05) is 37.3 Å². The second-order valence-corrected chi connectivity index (χ2v) is 8.46. The molecule has 3 nitrogen and oxygen atoms in total. The Hall–Kier alpha value is -1.59. The van der Waals surface area contributed by atoms with E-state index in [1.165, 1.54) is 23.3 Å². The van der Waals surface area contributed by atoms with Crippen molar-refractivity contribution in [2.24, 2.45) is 0 Å². The van der Waals surface area contributed by atoms with E-state index in [-0.39, 0.29) is 5.56 Å². The highest BCUT2D eigenvalue weighted by Gasteiger charge is 2.22. The minimum Gasteiger partial charge on any atom is -0.266 e. The van der Waals surface area contributed by atoms with Crippen LogP contribution in [0.25, 0.3) is 10.1 Å². The number of thiophene rings is 1. The topological polar surface area (TPSA) is 34.9 Å². The van der Waals surface area contributed by atoms with Gasteiger partial charge in [-0.2, -0.15) is 5.10 Å². The molecule has 2 aromatic heterocycles. The lowest BCUT2D eigenvalue weighted by atomic mass is 9.97. The minimum atomic E-state index is 0.0636. The first-order valence-corrected chi connectivity index (χ1v) is 10.3. The molecule has 0 spiro atoms. The molecule has 0 aliphatic heterocycles. The van der Waals surface area contributed by atoms with E-state index in [1.54, 1.807) is 27.8 Å². The van der Waals surface area contributed by atoms with Crippen molar-refractivity contribution in [3.8, 4) is 0 Å². The highest BCUT2D eigenvalue weighted by atomic mass is 32.2. The van der Waals surface area contributed by atoms with Gasteiger partial charge in [0.2, 0.25) is 0 Å². The average molecular weight is 357 g/mol. The number of hydrogen-bond donors (Lipinski definition) is 0. The van der Waals surface area contributed by atoms with E-state index in [0.29, 0.717) is 6.54 Å². The van der Waals surface area contributed by atoms with Crippen LogP contribution in [-0.4, -0.2) is 15.5 Å². The van der Waals surface area contributed by atoms with Gasteiger partial charge in [0.05, 0.1) is 6.54 Å². The normalized spacial score (nSPS) is 14.0. The van der Waals surface area contributed by atoms with Crippen LogP contribution >= 0.6 is 23.1 Å². The summed E-state index contributed by atoms with van der Waals surface area (Å²) in [5.74, 6) is 0.969. The first-order valence-electron chi connectivity index (χ1n) is 8.50. The maximum absolute atomic E-state index is 13.0. The minimum absolute atomic E-state index is 0.0636. The van der Waals surface area contributed by atoms with Gasteiger partial charge in [-0.05, 0) is 42.6 Å². The quantitative estimate of drug-likeness (QED) is 0.646. The van der Waals surface area contributed by atoms with Crippen LogP contribution in [0.3, 0.4) is 0 Å². The zero-order valence-electron chi connectivity index (χ0n) is 13.7. The molecule has 0 saturated carbocycles. The summed E-state index contributed by atoms with van der Waals surface area (Å²) in [7, 11) is 0. The van der Waals surface area contributed by atoms with Gasteiger partial charge in [0.15, 0.2) is 0 Å². The molecule has 0 N–H and O–H groups in total. The van der Waals surface area contributed by atoms with E-state index in [4.69, 9.17) is 5.10 Å². The van der Waals surface area contributed by atoms with Gasteiger partial charge >= 0.3 is 0 Å². The van der Waals surface area contributed by atoms with Crippen molar-refractivity contribution < 1.29 is 0 Å². The van der Waals surface area contributed by atoms with Crippen LogP contribution in [0.15, 0.2) is 40.2 Å². The Morgan fingerprint density at radius 1 is 1.21 bits per heavy atom. The fraction of sp³-hybridized carbons (Fsp3) is 0.368. The van der Waals surface area contributed by atoms with E-state index in [0.717, 1.165) is 39.3 Å². The van der Waals surface area contributed by atoms with Crippen LogP contribution in [-0.2, 0) is 19.4 Å². The van der Waals surface area contributed by atoms with Crippen molar-refractivity contribution in [2.75, 3.05) is 5.75 Å². The van der Waals surface area contributed by atoms with Crippen LogP contribution in [0.4, 0.5) is 0 Å². The maximum Gasteiger partial charge on any atom is 0.285 e. The van der Waals surface area contributed by atoms with Crippen molar-refractivity contribution in [3.63, 3.8) is 0 Å². The first-order chi connectivity index (χ1) is 11.8. The molecule has 3 aromatic rings. The van der Waals surface area contributed by atoms with E-state index < -0.39 is 0 Å². The summed E-state index contributed by atoms with van der Waals surface area (Å²) in [4.78, 5) is 14.4. The van der Waals surface area contributed by atoms with Gasteiger partial charge in [-0.3, -0.25) is 4.79 Å². The number of thioether (sulfide) groups is 1. The molecule has 4 rings (SSSR count). The van der Waals surface area contributed by atoms with E-state index in [1.807, 2.05) is 30.3 Å². The Morgan fingerprint density at radius 2 is 2.00 bits per heavy atom. The molecule has 0 fully saturated rings. The van der Waals surface area contributed by atoms with E-state index >= 15 is 0 Å². The van der Waals surface area contributed by atoms with Crippen LogP contribution < -0.4 is 5.56 Å². The number of hydrogen-bond acceptors (Lipinski definition) is 4. The Bertz CT molecular complexity index is 928. The zero-order valence-corrected chi connectivity index (χ0v) is 15.4.